The summed E-state index contributed by atoms with van der Waals surface area (Å²) in [6.07, 6.45) is 6.24. The largest absolute Gasteiger partial charge is 0.359 e. The Hall–Kier alpha value is -3.12. The highest BCUT2D eigenvalue weighted by Gasteiger charge is 2.29. The summed E-state index contributed by atoms with van der Waals surface area (Å²) in [5.41, 5.74) is 6.01. The van der Waals surface area contributed by atoms with Crippen molar-refractivity contribution in [1.29, 1.82) is 5.26 Å². The highest BCUT2D eigenvalue weighted by molar-refractivity contribution is 6.06. The van der Waals surface area contributed by atoms with Crippen LogP contribution in [0.5, 0.6) is 0 Å². The van der Waals surface area contributed by atoms with E-state index in [1.165, 1.54) is 5.70 Å². The van der Waals surface area contributed by atoms with Gasteiger partial charge < -0.3 is 5.32 Å². The maximum absolute atomic E-state index is 9.82. The van der Waals surface area contributed by atoms with E-state index < -0.39 is 0 Å². The second-order valence-corrected chi connectivity index (χ2v) is 6.77. The average molecular weight is 339 g/mol. The Morgan fingerprint density at radius 2 is 1.62 bits per heavy atom. The van der Waals surface area contributed by atoms with Gasteiger partial charge in [-0.05, 0) is 67.5 Å². The van der Waals surface area contributed by atoms with E-state index in [9.17, 15) is 5.26 Å². The van der Waals surface area contributed by atoms with Crippen LogP contribution in [0.25, 0.3) is 0 Å². The highest BCUT2D eigenvalue weighted by atomic mass is 14.9. The third kappa shape index (κ3) is 3.45. The predicted molar refractivity (Wildman–Crippen MR) is 106 cm³/mol. The van der Waals surface area contributed by atoms with Crippen LogP contribution in [0, 0.1) is 17.2 Å². The smallest absolute Gasteiger partial charge is 0.101 e. The summed E-state index contributed by atoms with van der Waals surface area (Å²) in [4.78, 5) is 4.76. The first-order valence-corrected chi connectivity index (χ1v) is 9.13. The van der Waals surface area contributed by atoms with Gasteiger partial charge in [0.05, 0.1) is 17.0 Å². The number of allylic oxidation sites excluding steroid dienone is 4. The van der Waals surface area contributed by atoms with Crippen molar-refractivity contribution in [3.63, 3.8) is 0 Å². The minimum atomic E-state index is 0.473. The van der Waals surface area contributed by atoms with Gasteiger partial charge >= 0.3 is 0 Å². The van der Waals surface area contributed by atoms with Crippen molar-refractivity contribution in [2.75, 3.05) is 5.32 Å². The number of rotatable bonds is 3. The van der Waals surface area contributed by atoms with E-state index in [1.54, 1.807) is 0 Å². The summed E-state index contributed by atoms with van der Waals surface area (Å²) < 4.78 is 0. The number of aliphatic imine (C=N–C) groups is 1. The molecule has 4 rings (SSSR count). The van der Waals surface area contributed by atoms with Crippen LogP contribution < -0.4 is 5.32 Å². The van der Waals surface area contributed by atoms with E-state index in [-0.39, 0.29) is 0 Å². The summed E-state index contributed by atoms with van der Waals surface area (Å²) in [5.74, 6) is 0.473. The third-order valence-corrected chi connectivity index (χ3v) is 5.05. The molecule has 2 aromatic carbocycles. The Morgan fingerprint density at radius 1 is 0.923 bits per heavy atom. The highest BCUT2D eigenvalue weighted by Crippen LogP contribution is 2.38. The molecule has 0 saturated carbocycles. The Balaban J connectivity index is 1.69. The number of nitriles is 1. The molecule has 0 aromatic heterocycles. The molecule has 0 saturated heterocycles. The van der Waals surface area contributed by atoms with Gasteiger partial charge in [-0.2, -0.15) is 5.26 Å². The molecule has 0 spiro atoms. The number of hydrogen-bond donors (Lipinski definition) is 1. The molecule has 1 atom stereocenters. The summed E-state index contributed by atoms with van der Waals surface area (Å²) in [5, 5.41) is 13.3. The molecule has 2 aliphatic rings. The first kappa shape index (κ1) is 16.4. The van der Waals surface area contributed by atoms with E-state index in [2.05, 4.69) is 29.6 Å². The fraction of sp³-hybridized carbons (Fsp3) is 0.217. The van der Waals surface area contributed by atoms with E-state index >= 15 is 0 Å². The SMILES string of the molecule is N#CC1=C2C=C(Nc3ccccc3)CCC2CC/C1=N\c1ccccc1. The first-order chi connectivity index (χ1) is 12.8. The van der Waals surface area contributed by atoms with Crippen molar-refractivity contribution < 1.29 is 0 Å². The van der Waals surface area contributed by atoms with Crippen LogP contribution in [0.1, 0.15) is 25.7 Å². The van der Waals surface area contributed by atoms with E-state index in [4.69, 9.17) is 4.99 Å². The molecule has 0 bridgehead atoms. The van der Waals surface area contributed by atoms with Crippen molar-refractivity contribution in [3.05, 3.63) is 83.6 Å². The normalized spacial score (nSPS) is 21.0. The average Bonchev–Trinajstić information content (AvgIpc) is 2.69. The molecule has 3 nitrogen and oxygen atoms in total. The molecular formula is C23H21N3. The van der Waals surface area contributed by atoms with Gasteiger partial charge in [-0.25, -0.2) is 0 Å². The van der Waals surface area contributed by atoms with Crippen LogP contribution >= 0.6 is 0 Å². The lowest BCUT2D eigenvalue weighted by molar-refractivity contribution is 0.512. The van der Waals surface area contributed by atoms with Crippen LogP contribution in [0.3, 0.4) is 0 Å². The molecule has 2 aromatic rings. The minimum Gasteiger partial charge on any atom is -0.359 e. The van der Waals surface area contributed by atoms with Gasteiger partial charge in [0.25, 0.3) is 0 Å². The lowest BCUT2D eigenvalue weighted by Gasteiger charge is -2.30. The second kappa shape index (κ2) is 7.41. The molecule has 0 amide bonds. The molecule has 0 radical (unpaired) electrons. The van der Waals surface area contributed by atoms with Crippen LogP contribution in [-0.2, 0) is 0 Å². The third-order valence-electron chi connectivity index (χ3n) is 5.05. The van der Waals surface area contributed by atoms with Gasteiger partial charge in [0.1, 0.15) is 6.07 Å². The maximum atomic E-state index is 9.82. The van der Waals surface area contributed by atoms with Gasteiger partial charge in [0, 0.05) is 11.4 Å². The summed E-state index contributed by atoms with van der Waals surface area (Å²) in [6, 6.07) is 22.5. The van der Waals surface area contributed by atoms with Crippen LogP contribution in [0.4, 0.5) is 11.4 Å². The van der Waals surface area contributed by atoms with Gasteiger partial charge in [-0.3, -0.25) is 4.99 Å². The molecule has 1 unspecified atom stereocenters. The van der Waals surface area contributed by atoms with Crippen molar-refractivity contribution in [3.8, 4) is 6.07 Å². The number of para-hydroxylation sites is 2. The predicted octanol–water partition coefficient (Wildman–Crippen LogP) is 5.78. The zero-order valence-corrected chi connectivity index (χ0v) is 14.7. The van der Waals surface area contributed by atoms with Crippen LogP contribution in [-0.4, -0.2) is 5.71 Å². The van der Waals surface area contributed by atoms with Crippen LogP contribution in [0.15, 0.2) is 88.6 Å². The standard InChI is InChI=1S/C23H21N3/c24-16-22-21-15-20(25-18-7-3-1-4-8-18)13-11-17(21)12-14-23(22)26-19-9-5-2-6-10-19/h1-10,15,17,25H,11-14H2/b26-23+. The zero-order chi connectivity index (χ0) is 17.8. The Kier molecular flexibility index (Phi) is 4.66. The fourth-order valence-corrected chi connectivity index (χ4v) is 3.75. The topological polar surface area (TPSA) is 48.2 Å². The Bertz CT molecular complexity index is 915. The van der Waals surface area contributed by atoms with Gasteiger partial charge in [-0.15, -0.1) is 0 Å². The van der Waals surface area contributed by atoms with Crippen LogP contribution in [0.2, 0.25) is 0 Å². The number of hydrogen-bond acceptors (Lipinski definition) is 3. The zero-order valence-electron chi connectivity index (χ0n) is 14.7. The van der Waals surface area contributed by atoms with E-state index in [0.29, 0.717) is 5.92 Å². The molecule has 128 valence electrons. The first-order valence-electron chi connectivity index (χ1n) is 9.13. The number of anilines is 1. The van der Waals surface area contributed by atoms with Crippen molar-refractivity contribution in [2.24, 2.45) is 10.9 Å². The van der Waals surface area contributed by atoms with Gasteiger partial charge in [0.2, 0.25) is 0 Å². The number of nitrogens with one attached hydrogen (secondary N) is 1. The molecule has 0 heterocycles. The fourth-order valence-electron chi connectivity index (χ4n) is 3.75. The second-order valence-electron chi connectivity index (χ2n) is 6.77. The monoisotopic (exact) mass is 339 g/mol. The van der Waals surface area contributed by atoms with E-state index in [1.807, 2.05) is 48.5 Å². The van der Waals surface area contributed by atoms with Crippen molar-refractivity contribution in [1.82, 2.24) is 0 Å². The molecule has 3 heteroatoms. The summed E-state index contributed by atoms with van der Waals surface area (Å²) >= 11 is 0. The molecule has 0 aliphatic heterocycles. The van der Waals surface area contributed by atoms with Gasteiger partial charge in [-0.1, -0.05) is 36.4 Å². The van der Waals surface area contributed by atoms with Crippen molar-refractivity contribution >= 4 is 17.1 Å². The lowest BCUT2D eigenvalue weighted by Crippen LogP contribution is -2.22. The summed E-state index contributed by atoms with van der Waals surface area (Å²) in [6.45, 7) is 0. The molecule has 1 N–H and O–H groups in total. The van der Waals surface area contributed by atoms with Gasteiger partial charge in [0.15, 0.2) is 0 Å². The number of nitrogens with zero attached hydrogens (tertiary/aromatic N) is 2. The molecule has 2 aliphatic carbocycles. The molecule has 0 fully saturated rings. The quantitative estimate of drug-likeness (QED) is 0.770. The number of benzene rings is 2. The summed E-state index contributed by atoms with van der Waals surface area (Å²) in [7, 11) is 0. The van der Waals surface area contributed by atoms with E-state index in [0.717, 1.165) is 53.9 Å². The number of fused-ring (bicyclic) bond motifs is 1. The maximum Gasteiger partial charge on any atom is 0.101 e. The molecule has 26 heavy (non-hydrogen) atoms. The van der Waals surface area contributed by atoms with Crippen molar-refractivity contribution in [2.45, 2.75) is 25.7 Å². The molecular weight excluding hydrogens is 318 g/mol. The Labute approximate surface area is 154 Å². The minimum absolute atomic E-state index is 0.473. The lowest BCUT2D eigenvalue weighted by atomic mass is 9.76. The Morgan fingerprint density at radius 3 is 2.35 bits per heavy atom.